The van der Waals surface area contributed by atoms with Crippen molar-refractivity contribution in [2.24, 2.45) is 0 Å². The minimum absolute atomic E-state index is 0.135. The maximum Gasteiger partial charge on any atom is 0.319 e. The molecule has 1 aliphatic rings. The molecule has 0 fully saturated rings. The highest BCUT2D eigenvalue weighted by Crippen LogP contribution is 2.26. The molecular formula is C21H27N3O. The molecule has 1 aliphatic heterocycles. The molecule has 0 aliphatic carbocycles. The van der Waals surface area contributed by atoms with Crippen LogP contribution in [0.25, 0.3) is 0 Å². The minimum Gasteiger partial charge on any atom is -0.371 e. The van der Waals surface area contributed by atoms with Gasteiger partial charge in [-0.25, -0.2) is 4.79 Å². The second-order valence-electron chi connectivity index (χ2n) is 6.83. The number of para-hydroxylation sites is 1. The maximum atomic E-state index is 12.0. The van der Waals surface area contributed by atoms with Crippen molar-refractivity contribution in [1.82, 2.24) is 5.32 Å². The van der Waals surface area contributed by atoms with Gasteiger partial charge in [-0.05, 0) is 68.0 Å². The van der Waals surface area contributed by atoms with Crippen LogP contribution in [-0.4, -0.2) is 25.7 Å². The van der Waals surface area contributed by atoms with Crippen LogP contribution < -0.4 is 15.5 Å². The summed E-state index contributed by atoms with van der Waals surface area (Å²) in [5.41, 5.74) is 5.95. The summed E-state index contributed by atoms with van der Waals surface area (Å²) >= 11 is 0. The number of carbonyl (C=O) groups is 1. The van der Waals surface area contributed by atoms with Crippen molar-refractivity contribution in [2.75, 3.05) is 29.9 Å². The number of hydrogen-bond acceptors (Lipinski definition) is 2. The summed E-state index contributed by atoms with van der Waals surface area (Å²) in [5, 5.41) is 5.87. The lowest BCUT2D eigenvalue weighted by Crippen LogP contribution is -2.34. The van der Waals surface area contributed by atoms with Crippen molar-refractivity contribution < 1.29 is 4.79 Å². The van der Waals surface area contributed by atoms with E-state index >= 15 is 0 Å². The van der Waals surface area contributed by atoms with E-state index in [2.05, 4.69) is 45.9 Å². The number of hydrogen-bond donors (Lipinski definition) is 2. The topological polar surface area (TPSA) is 44.4 Å². The first-order valence-electron chi connectivity index (χ1n) is 9.08. The molecule has 2 aromatic carbocycles. The highest BCUT2D eigenvalue weighted by molar-refractivity contribution is 5.89. The highest BCUT2D eigenvalue weighted by Gasteiger charge is 2.15. The van der Waals surface area contributed by atoms with Gasteiger partial charge >= 0.3 is 6.03 Å². The van der Waals surface area contributed by atoms with E-state index in [1.807, 2.05) is 26.0 Å². The van der Waals surface area contributed by atoms with Gasteiger partial charge in [0.25, 0.3) is 0 Å². The highest BCUT2D eigenvalue weighted by atomic mass is 16.2. The number of aryl methyl sites for hydroxylation is 3. The largest absolute Gasteiger partial charge is 0.371 e. The summed E-state index contributed by atoms with van der Waals surface area (Å²) < 4.78 is 0. The third-order valence-electron chi connectivity index (χ3n) is 4.58. The fourth-order valence-electron chi connectivity index (χ4n) is 3.54. The first-order chi connectivity index (χ1) is 12.1. The van der Waals surface area contributed by atoms with Gasteiger partial charge in [0.1, 0.15) is 0 Å². The zero-order valence-corrected chi connectivity index (χ0v) is 15.1. The average Bonchev–Trinajstić information content (AvgIpc) is 2.58. The Labute approximate surface area is 150 Å². The Hall–Kier alpha value is -2.49. The smallest absolute Gasteiger partial charge is 0.319 e. The molecule has 0 radical (unpaired) electrons. The minimum atomic E-state index is -0.135. The van der Waals surface area contributed by atoms with Gasteiger partial charge in [0, 0.05) is 31.0 Å². The van der Waals surface area contributed by atoms with Gasteiger partial charge in [-0.15, -0.1) is 0 Å². The SMILES string of the molecule is Cc1cc(C)cc(NC(=O)NCCCN2CCCc3ccccc32)c1. The summed E-state index contributed by atoms with van der Waals surface area (Å²) in [6, 6.07) is 14.6. The summed E-state index contributed by atoms with van der Waals surface area (Å²) in [4.78, 5) is 14.5. The molecule has 0 saturated carbocycles. The van der Waals surface area contributed by atoms with Crippen LogP contribution in [-0.2, 0) is 6.42 Å². The summed E-state index contributed by atoms with van der Waals surface area (Å²) in [6.45, 7) is 6.82. The van der Waals surface area contributed by atoms with Crippen LogP contribution in [0.1, 0.15) is 29.5 Å². The quantitative estimate of drug-likeness (QED) is 0.800. The zero-order chi connectivity index (χ0) is 17.6. The lowest BCUT2D eigenvalue weighted by molar-refractivity contribution is 0.252. The molecule has 25 heavy (non-hydrogen) atoms. The number of nitrogens with zero attached hydrogens (tertiary/aromatic N) is 1. The van der Waals surface area contributed by atoms with Gasteiger partial charge in [0.2, 0.25) is 0 Å². The Morgan fingerprint density at radius 2 is 1.88 bits per heavy atom. The molecule has 132 valence electrons. The molecule has 0 spiro atoms. The van der Waals surface area contributed by atoms with E-state index < -0.39 is 0 Å². The van der Waals surface area contributed by atoms with Crippen LogP contribution in [0.5, 0.6) is 0 Å². The van der Waals surface area contributed by atoms with Crippen LogP contribution in [0.3, 0.4) is 0 Å². The van der Waals surface area contributed by atoms with Crippen LogP contribution >= 0.6 is 0 Å². The van der Waals surface area contributed by atoms with Crippen molar-refractivity contribution >= 4 is 17.4 Å². The molecule has 0 atom stereocenters. The van der Waals surface area contributed by atoms with Crippen molar-refractivity contribution in [2.45, 2.75) is 33.1 Å². The molecule has 4 heteroatoms. The van der Waals surface area contributed by atoms with Crippen LogP contribution in [0.15, 0.2) is 42.5 Å². The summed E-state index contributed by atoms with van der Waals surface area (Å²) in [7, 11) is 0. The van der Waals surface area contributed by atoms with E-state index in [9.17, 15) is 4.79 Å². The number of urea groups is 1. The number of nitrogens with one attached hydrogen (secondary N) is 2. The number of benzene rings is 2. The number of amides is 2. The van der Waals surface area contributed by atoms with Gasteiger partial charge in [-0.1, -0.05) is 24.3 Å². The molecule has 0 saturated heterocycles. The molecule has 2 aromatic rings. The predicted octanol–water partition coefficient (Wildman–Crippen LogP) is 4.27. The molecule has 2 N–H and O–H groups in total. The summed E-state index contributed by atoms with van der Waals surface area (Å²) in [5.74, 6) is 0. The number of rotatable bonds is 5. The fourth-order valence-corrected chi connectivity index (χ4v) is 3.54. The van der Waals surface area contributed by atoms with Crippen molar-refractivity contribution in [3.05, 3.63) is 59.2 Å². The Balaban J connectivity index is 1.44. The monoisotopic (exact) mass is 337 g/mol. The Morgan fingerprint density at radius 1 is 1.12 bits per heavy atom. The van der Waals surface area contributed by atoms with E-state index in [4.69, 9.17) is 0 Å². The average molecular weight is 337 g/mol. The van der Waals surface area contributed by atoms with E-state index in [0.29, 0.717) is 6.54 Å². The summed E-state index contributed by atoms with van der Waals surface area (Å²) in [6.07, 6.45) is 3.31. The Bertz CT molecular complexity index is 721. The van der Waals surface area contributed by atoms with Gasteiger partial charge in [0.15, 0.2) is 0 Å². The number of fused-ring (bicyclic) bond motifs is 1. The molecular weight excluding hydrogens is 310 g/mol. The standard InChI is InChI=1S/C21H27N3O/c1-16-13-17(2)15-19(14-16)23-21(25)22-10-6-12-24-11-5-8-18-7-3-4-9-20(18)24/h3-4,7,9,13-15H,5-6,8,10-12H2,1-2H3,(H2,22,23,25). The van der Waals surface area contributed by atoms with Crippen molar-refractivity contribution in [3.8, 4) is 0 Å². The lowest BCUT2D eigenvalue weighted by atomic mass is 10.0. The van der Waals surface area contributed by atoms with Crippen molar-refractivity contribution in [1.29, 1.82) is 0 Å². The van der Waals surface area contributed by atoms with Gasteiger partial charge in [0.05, 0.1) is 0 Å². The molecule has 3 rings (SSSR count). The van der Waals surface area contributed by atoms with Crippen LogP contribution in [0, 0.1) is 13.8 Å². The Kier molecular flexibility index (Phi) is 5.59. The first-order valence-corrected chi connectivity index (χ1v) is 9.08. The molecule has 0 aromatic heterocycles. The molecule has 1 heterocycles. The third-order valence-corrected chi connectivity index (χ3v) is 4.58. The maximum absolute atomic E-state index is 12.0. The van der Waals surface area contributed by atoms with Crippen molar-refractivity contribution in [3.63, 3.8) is 0 Å². The van der Waals surface area contributed by atoms with E-state index in [1.165, 1.54) is 24.1 Å². The molecule has 4 nitrogen and oxygen atoms in total. The normalized spacial score (nSPS) is 13.3. The second-order valence-corrected chi connectivity index (χ2v) is 6.83. The number of carbonyl (C=O) groups excluding carboxylic acids is 1. The molecule has 2 amide bonds. The zero-order valence-electron chi connectivity index (χ0n) is 15.1. The predicted molar refractivity (Wildman–Crippen MR) is 105 cm³/mol. The van der Waals surface area contributed by atoms with Crippen LogP contribution in [0.2, 0.25) is 0 Å². The fraction of sp³-hybridized carbons (Fsp3) is 0.381. The third kappa shape index (κ3) is 4.75. The molecule has 0 bridgehead atoms. The van der Waals surface area contributed by atoms with E-state index in [0.717, 1.165) is 36.3 Å². The second kappa shape index (κ2) is 8.06. The van der Waals surface area contributed by atoms with Gasteiger partial charge in [-0.2, -0.15) is 0 Å². The Morgan fingerprint density at radius 3 is 2.68 bits per heavy atom. The van der Waals surface area contributed by atoms with E-state index in [1.54, 1.807) is 0 Å². The van der Waals surface area contributed by atoms with E-state index in [-0.39, 0.29) is 6.03 Å². The molecule has 0 unspecified atom stereocenters. The van der Waals surface area contributed by atoms with Gasteiger partial charge < -0.3 is 15.5 Å². The number of anilines is 2. The lowest BCUT2D eigenvalue weighted by Gasteiger charge is -2.31. The first kappa shape index (κ1) is 17.3. The van der Waals surface area contributed by atoms with Crippen LogP contribution in [0.4, 0.5) is 16.2 Å². The van der Waals surface area contributed by atoms with Gasteiger partial charge in [-0.3, -0.25) is 0 Å².